The third-order valence-corrected chi connectivity index (χ3v) is 5.05. The lowest BCUT2D eigenvalue weighted by molar-refractivity contribution is -0.132. The molecule has 0 aliphatic carbocycles. The number of rotatable bonds is 4. The van der Waals surface area contributed by atoms with E-state index in [1.165, 1.54) is 12.0 Å². The normalized spacial score (nSPS) is 18.1. The lowest BCUT2D eigenvalue weighted by atomic mass is 9.95. The summed E-state index contributed by atoms with van der Waals surface area (Å²) in [5, 5.41) is 15.4. The maximum absolute atomic E-state index is 13.0. The first-order valence-corrected chi connectivity index (χ1v) is 9.42. The van der Waals surface area contributed by atoms with Crippen molar-refractivity contribution < 1.29 is 24.0 Å². The minimum Gasteiger partial charge on any atom is -0.507 e. The number of ketones is 1. The average molecular weight is 425 g/mol. The van der Waals surface area contributed by atoms with Gasteiger partial charge in [-0.15, -0.1) is 0 Å². The molecule has 1 aliphatic rings. The standard InChI is InChI=1S/C22H17ClN2O5/c1-12-9-17(24-30-12)25-19(13-5-3-7-15(23)10-13)18(21(27)22(25)28)20(26)14-6-4-8-16(11-14)29-2/h3-11,19,26H,1-2H3/t19-/m0/s1. The van der Waals surface area contributed by atoms with Gasteiger partial charge >= 0.3 is 5.91 Å². The van der Waals surface area contributed by atoms with Gasteiger partial charge < -0.3 is 14.4 Å². The van der Waals surface area contributed by atoms with Gasteiger partial charge in [0, 0.05) is 16.7 Å². The van der Waals surface area contributed by atoms with Crippen molar-refractivity contribution >= 4 is 34.9 Å². The van der Waals surface area contributed by atoms with E-state index in [0.717, 1.165) is 0 Å². The van der Waals surface area contributed by atoms with Crippen LogP contribution in [0.3, 0.4) is 0 Å². The molecule has 7 nitrogen and oxygen atoms in total. The quantitative estimate of drug-likeness (QED) is 0.382. The van der Waals surface area contributed by atoms with Gasteiger partial charge in [-0.3, -0.25) is 14.5 Å². The Balaban J connectivity index is 1.95. The summed E-state index contributed by atoms with van der Waals surface area (Å²) in [4.78, 5) is 27.2. The van der Waals surface area contributed by atoms with Gasteiger partial charge in [-0.25, -0.2) is 0 Å². The summed E-state index contributed by atoms with van der Waals surface area (Å²) in [5.74, 6) is -0.827. The number of aryl methyl sites for hydroxylation is 1. The molecular formula is C22H17ClN2O5. The summed E-state index contributed by atoms with van der Waals surface area (Å²) in [6, 6.07) is 14.0. The number of aromatic nitrogens is 1. The number of amides is 1. The Labute approximate surface area is 177 Å². The number of ether oxygens (including phenoxy) is 1. The fourth-order valence-electron chi connectivity index (χ4n) is 3.45. The number of anilines is 1. The van der Waals surface area contributed by atoms with E-state index in [9.17, 15) is 14.7 Å². The van der Waals surface area contributed by atoms with Gasteiger partial charge in [0.2, 0.25) is 0 Å². The molecule has 2 aromatic carbocycles. The van der Waals surface area contributed by atoms with Gasteiger partial charge in [-0.1, -0.05) is 41.0 Å². The van der Waals surface area contributed by atoms with Gasteiger partial charge in [-0.2, -0.15) is 0 Å². The number of nitrogens with zero attached hydrogens (tertiary/aromatic N) is 2. The average Bonchev–Trinajstić information content (AvgIpc) is 3.28. The maximum Gasteiger partial charge on any atom is 0.301 e. The Morgan fingerprint density at radius 2 is 1.93 bits per heavy atom. The van der Waals surface area contributed by atoms with Gasteiger partial charge in [0.25, 0.3) is 5.78 Å². The Morgan fingerprint density at radius 1 is 1.17 bits per heavy atom. The zero-order valence-corrected chi connectivity index (χ0v) is 16.9. The Bertz CT molecular complexity index is 1180. The van der Waals surface area contributed by atoms with Crippen molar-refractivity contribution in [3.05, 3.63) is 82.1 Å². The first kappa shape index (κ1) is 19.7. The van der Waals surface area contributed by atoms with Crippen molar-refractivity contribution in [3.8, 4) is 5.75 Å². The lowest BCUT2D eigenvalue weighted by Gasteiger charge is -2.23. The Hall–Kier alpha value is -3.58. The summed E-state index contributed by atoms with van der Waals surface area (Å²) in [5.41, 5.74) is 0.818. The fourth-order valence-corrected chi connectivity index (χ4v) is 3.65. The first-order valence-electron chi connectivity index (χ1n) is 9.05. The van der Waals surface area contributed by atoms with Crippen molar-refractivity contribution in [2.75, 3.05) is 12.0 Å². The van der Waals surface area contributed by atoms with Crippen LogP contribution in [0.2, 0.25) is 5.02 Å². The van der Waals surface area contributed by atoms with E-state index >= 15 is 0 Å². The molecule has 1 aliphatic heterocycles. The lowest BCUT2D eigenvalue weighted by Crippen LogP contribution is -2.29. The van der Waals surface area contributed by atoms with E-state index in [-0.39, 0.29) is 17.2 Å². The number of hydrogen-bond donors (Lipinski definition) is 1. The second-order valence-corrected chi connectivity index (χ2v) is 7.19. The fraction of sp³-hybridized carbons (Fsp3) is 0.136. The van der Waals surface area contributed by atoms with Crippen molar-refractivity contribution in [2.24, 2.45) is 0 Å². The predicted octanol–water partition coefficient (Wildman–Crippen LogP) is 4.27. The molecule has 1 aromatic heterocycles. The number of methoxy groups -OCH3 is 1. The number of halogens is 1. The molecule has 0 bridgehead atoms. The molecule has 152 valence electrons. The van der Waals surface area contributed by atoms with Crippen LogP contribution in [-0.2, 0) is 9.59 Å². The van der Waals surface area contributed by atoms with Crippen LogP contribution in [0, 0.1) is 6.92 Å². The molecule has 30 heavy (non-hydrogen) atoms. The zero-order chi connectivity index (χ0) is 21.4. The molecule has 1 atom stereocenters. The molecule has 1 saturated heterocycles. The van der Waals surface area contributed by atoms with Crippen LogP contribution in [0.25, 0.3) is 5.76 Å². The van der Waals surface area contributed by atoms with Gasteiger partial charge in [0.05, 0.1) is 18.7 Å². The highest BCUT2D eigenvalue weighted by atomic mass is 35.5. The summed E-state index contributed by atoms with van der Waals surface area (Å²) in [6.45, 7) is 1.68. The number of hydrogen-bond acceptors (Lipinski definition) is 6. The minimum atomic E-state index is -0.931. The summed E-state index contributed by atoms with van der Waals surface area (Å²) in [7, 11) is 1.50. The summed E-state index contributed by atoms with van der Waals surface area (Å²) < 4.78 is 10.3. The molecule has 0 radical (unpaired) electrons. The number of aliphatic hydroxyl groups excluding tert-OH is 1. The smallest absolute Gasteiger partial charge is 0.301 e. The second-order valence-electron chi connectivity index (χ2n) is 6.75. The van der Waals surface area contributed by atoms with Crippen LogP contribution in [0.1, 0.15) is 22.9 Å². The number of carbonyl (C=O) groups excluding carboxylic acids is 2. The van der Waals surface area contributed by atoms with Crippen LogP contribution >= 0.6 is 11.6 Å². The third kappa shape index (κ3) is 3.33. The predicted molar refractivity (Wildman–Crippen MR) is 110 cm³/mol. The van der Waals surface area contributed by atoms with Crippen LogP contribution in [0.5, 0.6) is 5.75 Å². The number of benzene rings is 2. The van der Waals surface area contributed by atoms with Gasteiger partial charge in [-0.05, 0) is 36.8 Å². The Morgan fingerprint density at radius 3 is 2.60 bits per heavy atom. The van der Waals surface area contributed by atoms with E-state index in [2.05, 4.69) is 5.16 Å². The molecule has 0 saturated carbocycles. The minimum absolute atomic E-state index is 0.0730. The Kier molecular flexibility index (Phi) is 5.05. The van der Waals surface area contributed by atoms with Gasteiger partial charge in [0.15, 0.2) is 5.82 Å². The topological polar surface area (TPSA) is 92.9 Å². The van der Waals surface area contributed by atoms with E-state index in [1.807, 2.05) is 0 Å². The van der Waals surface area contributed by atoms with Crippen LogP contribution in [-0.4, -0.2) is 29.1 Å². The number of aliphatic hydroxyl groups is 1. The van der Waals surface area contributed by atoms with Crippen LogP contribution in [0.4, 0.5) is 5.82 Å². The van der Waals surface area contributed by atoms with Crippen molar-refractivity contribution in [1.82, 2.24) is 5.16 Å². The van der Waals surface area contributed by atoms with E-state index in [4.69, 9.17) is 20.9 Å². The zero-order valence-electron chi connectivity index (χ0n) is 16.1. The van der Waals surface area contributed by atoms with Crippen molar-refractivity contribution in [2.45, 2.75) is 13.0 Å². The number of carbonyl (C=O) groups is 2. The summed E-state index contributed by atoms with van der Waals surface area (Å²) >= 11 is 6.16. The van der Waals surface area contributed by atoms with E-state index in [1.54, 1.807) is 61.5 Å². The molecule has 1 amide bonds. The third-order valence-electron chi connectivity index (χ3n) is 4.81. The van der Waals surface area contributed by atoms with Crippen molar-refractivity contribution in [3.63, 3.8) is 0 Å². The molecule has 3 aromatic rings. The maximum atomic E-state index is 13.0. The largest absolute Gasteiger partial charge is 0.507 e. The van der Waals surface area contributed by atoms with Gasteiger partial charge in [0.1, 0.15) is 17.3 Å². The monoisotopic (exact) mass is 424 g/mol. The van der Waals surface area contributed by atoms with E-state index < -0.39 is 17.7 Å². The molecule has 8 heteroatoms. The highest BCUT2D eigenvalue weighted by molar-refractivity contribution is 6.51. The van der Waals surface area contributed by atoms with Crippen LogP contribution < -0.4 is 9.64 Å². The van der Waals surface area contributed by atoms with Crippen molar-refractivity contribution in [1.29, 1.82) is 0 Å². The van der Waals surface area contributed by atoms with Crippen LogP contribution in [0.15, 0.2) is 64.7 Å². The number of Topliss-reactive ketones (excluding diaryl/α,β-unsaturated/α-hetero) is 1. The van der Waals surface area contributed by atoms with E-state index in [0.29, 0.717) is 27.7 Å². The summed E-state index contributed by atoms with van der Waals surface area (Å²) in [6.07, 6.45) is 0. The first-order chi connectivity index (χ1) is 14.4. The second kappa shape index (κ2) is 7.68. The molecule has 2 heterocycles. The molecular weight excluding hydrogens is 408 g/mol. The highest BCUT2D eigenvalue weighted by Crippen LogP contribution is 2.42. The molecule has 0 spiro atoms. The highest BCUT2D eigenvalue weighted by Gasteiger charge is 2.48. The molecule has 1 fully saturated rings. The SMILES string of the molecule is COc1cccc(C(O)=C2C(=O)C(=O)N(c3cc(C)on3)[C@H]2c2cccc(Cl)c2)c1. The molecule has 1 N–H and O–H groups in total. The molecule has 4 rings (SSSR count). The molecule has 0 unspecified atom stereocenters.